The molecular formula is C14H18ClNO. The molecule has 2 fully saturated rings. The van der Waals surface area contributed by atoms with Gasteiger partial charge in [0.2, 0.25) is 0 Å². The molecular weight excluding hydrogens is 234 g/mol. The van der Waals surface area contributed by atoms with Crippen molar-refractivity contribution in [3.05, 3.63) is 28.8 Å². The molecule has 17 heavy (non-hydrogen) atoms. The van der Waals surface area contributed by atoms with Gasteiger partial charge in [0.25, 0.3) is 0 Å². The molecule has 3 heteroatoms. The molecule has 92 valence electrons. The highest BCUT2D eigenvalue weighted by Gasteiger charge is 2.47. The van der Waals surface area contributed by atoms with Crippen molar-refractivity contribution in [2.24, 2.45) is 23.5 Å². The minimum atomic E-state index is 0.0662. The third-order valence-electron chi connectivity index (χ3n) is 4.34. The third kappa shape index (κ3) is 2.04. The molecule has 2 aliphatic rings. The standard InChI is InChI=1S/C14H18ClNO/c1-17-13-3-2-11(15)7-12(13)14(16)10-5-8-4-9(8)6-10/h2-3,7-10,14H,4-6,16H2,1H3. The molecule has 0 bridgehead atoms. The summed E-state index contributed by atoms with van der Waals surface area (Å²) in [6.45, 7) is 0. The number of benzene rings is 1. The van der Waals surface area contributed by atoms with Crippen molar-refractivity contribution in [3.63, 3.8) is 0 Å². The minimum Gasteiger partial charge on any atom is -0.496 e. The summed E-state index contributed by atoms with van der Waals surface area (Å²) in [5.74, 6) is 3.38. The van der Waals surface area contributed by atoms with E-state index in [1.165, 1.54) is 19.3 Å². The number of rotatable bonds is 3. The molecule has 2 N–H and O–H groups in total. The van der Waals surface area contributed by atoms with Crippen molar-refractivity contribution < 1.29 is 4.74 Å². The fourth-order valence-electron chi connectivity index (χ4n) is 3.27. The summed E-state index contributed by atoms with van der Waals surface area (Å²) in [6, 6.07) is 5.78. The van der Waals surface area contributed by atoms with Crippen molar-refractivity contribution in [2.75, 3.05) is 7.11 Å². The highest BCUT2D eigenvalue weighted by atomic mass is 35.5. The topological polar surface area (TPSA) is 35.2 Å². The van der Waals surface area contributed by atoms with Crippen molar-refractivity contribution in [2.45, 2.75) is 25.3 Å². The molecule has 0 aromatic heterocycles. The number of methoxy groups -OCH3 is 1. The lowest BCUT2D eigenvalue weighted by atomic mass is 9.89. The number of nitrogens with two attached hydrogens (primary N) is 1. The Morgan fingerprint density at radius 1 is 1.29 bits per heavy atom. The van der Waals surface area contributed by atoms with Gasteiger partial charge in [0.1, 0.15) is 5.75 Å². The van der Waals surface area contributed by atoms with E-state index in [1.807, 2.05) is 18.2 Å². The second kappa shape index (κ2) is 4.18. The van der Waals surface area contributed by atoms with Crippen LogP contribution in [0.5, 0.6) is 5.75 Å². The van der Waals surface area contributed by atoms with Gasteiger partial charge in [-0.15, -0.1) is 0 Å². The van der Waals surface area contributed by atoms with Crippen LogP contribution >= 0.6 is 11.6 Å². The number of hydrogen-bond donors (Lipinski definition) is 1. The van der Waals surface area contributed by atoms with E-state index < -0.39 is 0 Å². The molecule has 3 rings (SSSR count). The number of hydrogen-bond acceptors (Lipinski definition) is 2. The predicted molar refractivity (Wildman–Crippen MR) is 69.3 cm³/mol. The average molecular weight is 252 g/mol. The van der Waals surface area contributed by atoms with E-state index in [9.17, 15) is 0 Å². The van der Waals surface area contributed by atoms with Gasteiger partial charge in [0.05, 0.1) is 7.11 Å². The Morgan fingerprint density at radius 2 is 2.00 bits per heavy atom. The number of fused-ring (bicyclic) bond motifs is 1. The van der Waals surface area contributed by atoms with Crippen LogP contribution in [0.25, 0.3) is 0 Å². The SMILES string of the molecule is COc1ccc(Cl)cc1C(N)C1CC2CC2C1. The van der Waals surface area contributed by atoms with Gasteiger partial charge < -0.3 is 10.5 Å². The van der Waals surface area contributed by atoms with Gasteiger partial charge in [-0.1, -0.05) is 11.6 Å². The van der Waals surface area contributed by atoms with Crippen molar-refractivity contribution in [3.8, 4) is 5.75 Å². The molecule has 0 heterocycles. The molecule has 3 unspecified atom stereocenters. The molecule has 0 spiro atoms. The summed E-state index contributed by atoms with van der Waals surface area (Å²) < 4.78 is 5.38. The highest BCUT2D eigenvalue weighted by Crippen LogP contribution is 2.57. The first kappa shape index (κ1) is 11.4. The molecule has 1 aromatic rings. The Balaban J connectivity index is 1.84. The first-order valence-electron chi connectivity index (χ1n) is 6.28. The molecule has 2 saturated carbocycles. The van der Waals surface area contributed by atoms with Gasteiger partial charge in [-0.3, -0.25) is 0 Å². The van der Waals surface area contributed by atoms with E-state index in [2.05, 4.69) is 0 Å². The van der Waals surface area contributed by atoms with Crippen LogP contribution in [0.2, 0.25) is 5.02 Å². The van der Waals surface area contributed by atoms with E-state index in [1.54, 1.807) is 7.11 Å². The first-order chi connectivity index (χ1) is 8.19. The summed E-state index contributed by atoms with van der Waals surface area (Å²) in [5.41, 5.74) is 7.45. The molecule has 2 aliphatic carbocycles. The molecule has 0 saturated heterocycles. The van der Waals surface area contributed by atoms with Crippen LogP contribution < -0.4 is 10.5 Å². The number of ether oxygens (including phenoxy) is 1. The van der Waals surface area contributed by atoms with Crippen LogP contribution in [0.4, 0.5) is 0 Å². The maximum atomic E-state index is 6.39. The lowest BCUT2D eigenvalue weighted by molar-refractivity contribution is 0.371. The average Bonchev–Trinajstić information content (AvgIpc) is 2.95. The summed E-state index contributed by atoms with van der Waals surface area (Å²) >= 11 is 6.05. The lowest BCUT2D eigenvalue weighted by Gasteiger charge is -2.23. The quantitative estimate of drug-likeness (QED) is 0.894. The first-order valence-corrected chi connectivity index (χ1v) is 6.66. The molecule has 1 aromatic carbocycles. The zero-order chi connectivity index (χ0) is 12.0. The van der Waals surface area contributed by atoms with Gasteiger partial charge >= 0.3 is 0 Å². The zero-order valence-electron chi connectivity index (χ0n) is 10.0. The molecule has 0 aliphatic heterocycles. The smallest absolute Gasteiger partial charge is 0.123 e. The second-order valence-corrected chi connectivity index (χ2v) is 5.84. The van der Waals surface area contributed by atoms with Crippen molar-refractivity contribution >= 4 is 11.6 Å². The van der Waals surface area contributed by atoms with Crippen LogP contribution in [-0.4, -0.2) is 7.11 Å². The highest BCUT2D eigenvalue weighted by molar-refractivity contribution is 6.30. The fraction of sp³-hybridized carbons (Fsp3) is 0.571. The largest absolute Gasteiger partial charge is 0.496 e. The monoisotopic (exact) mass is 251 g/mol. The Kier molecular flexibility index (Phi) is 2.80. The third-order valence-corrected chi connectivity index (χ3v) is 4.57. The van der Waals surface area contributed by atoms with Gasteiger partial charge in [-0.05, 0) is 55.2 Å². The summed E-state index contributed by atoms with van der Waals surface area (Å²) in [5, 5.41) is 0.736. The summed E-state index contributed by atoms with van der Waals surface area (Å²) in [7, 11) is 1.69. The lowest BCUT2D eigenvalue weighted by Crippen LogP contribution is -2.21. The Morgan fingerprint density at radius 3 is 2.65 bits per heavy atom. The van der Waals surface area contributed by atoms with E-state index in [-0.39, 0.29) is 6.04 Å². The van der Waals surface area contributed by atoms with Crippen molar-refractivity contribution in [1.29, 1.82) is 0 Å². The van der Waals surface area contributed by atoms with E-state index in [0.717, 1.165) is 28.2 Å². The van der Waals surface area contributed by atoms with Crippen LogP contribution in [0.3, 0.4) is 0 Å². The number of halogens is 1. The molecule has 0 radical (unpaired) electrons. The predicted octanol–water partition coefficient (Wildman–Crippen LogP) is 3.39. The maximum Gasteiger partial charge on any atom is 0.123 e. The van der Waals surface area contributed by atoms with Crippen molar-refractivity contribution in [1.82, 2.24) is 0 Å². The van der Waals surface area contributed by atoms with Crippen LogP contribution in [0.15, 0.2) is 18.2 Å². The summed E-state index contributed by atoms with van der Waals surface area (Å²) in [4.78, 5) is 0. The van der Waals surface area contributed by atoms with E-state index in [0.29, 0.717) is 5.92 Å². The Hall–Kier alpha value is -0.730. The zero-order valence-corrected chi connectivity index (χ0v) is 10.8. The van der Waals surface area contributed by atoms with Gasteiger partial charge in [-0.2, -0.15) is 0 Å². The minimum absolute atomic E-state index is 0.0662. The Labute approximate surface area is 107 Å². The molecule has 0 amide bonds. The van der Waals surface area contributed by atoms with Gasteiger partial charge in [0.15, 0.2) is 0 Å². The van der Waals surface area contributed by atoms with Crippen LogP contribution in [0, 0.1) is 17.8 Å². The Bertz CT molecular complexity index is 424. The van der Waals surface area contributed by atoms with Gasteiger partial charge in [-0.25, -0.2) is 0 Å². The summed E-state index contributed by atoms with van der Waals surface area (Å²) in [6.07, 6.45) is 3.99. The maximum absolute atomic E-state index is 6.39. The molecule has 3 atom stereocenters. The van der Waals surface area contributed by atoms with E-state index >= 15 is 0 Å². The van der Waals surface area contributed by atoms with E-state index in [4.69, 9.17) is 22.1 Å². The molecule has 2 nitrogen and oxygen atoms in total. The van der Waals surface area contributed by atoms with Crippen LogP contribution in [-0.2, 0) is 0 Å². The van der Waals surface area contributed by atoms with Gasteiger partial charge in [0, 0.05) is 16.6 Å². The fourth-order valence-corrected chi connectivity index (χ4v) is 3.46. The normalized spacial score (nSPS) is 32.1. The van der Waals surface area contributed by atoms with Crippen LogP contribution in [0.1, 0.15) is 30.9 Å². The second-order valence-electron chi connectivity index (χ2n) is 5.40.